The number of amides is 2. The SMILES string of the molecule is CCOc1ccc(NC(=O)C2(C)c3cccc[n+]3CC(=O)N2c2ccc(C)c(Br)c2)cc1.[I-]. The molecular formula is C25H25BrIN3O3. The van der Waals surface area contributed by atoms with Crippen LogP contribution in [0.4, 0.5) is 11.4 Å². The van der Waals surface area contributed by atoms with E-state index in [2.05, 4.69) is 21.2 Å². The van der Waals surface area contributed by atoms with E-state index >= 15 is 0 Å². The molecule has 0 bridgehead atoms. The van der Waals surface area contributed by atoms with Gasteiger partial charge in [0, 0.05) is 28.0 Å². The number of halogens is 2. The molecule has 2 aromatic carbocycles. The highest BCUT2D eigenvalue weighted by Gasteiger charge is 2.54. The molecule has 0 saturated heterocycles. The standard InChI is InChI=1S/C25H24BrN3O3.HI/c1-4-32-20-12-9-18(10-13-20)27-24(31)25(3)22-7-5-6-14-28(22)16-23(30)29(25)19-11-8-17(2)21(26)15-19;/h5-15H,4,16H2,1-3H3;1H. The highest BCUT2D eigenvalue weighted by Crippen LogP contribution is 2.37. The van der Waals surface area contributed by atoms with Gasteiger partial charge in [-0.3, -0.25) is 14.5 Å². The van der Waals surface area contributed by atoms with E-state index in [-0.39, 0.29) is 42.3 Å². The average Bonchev–Trinajstić information content (AvgIpc) is 2.77. The molecule has 1 N–H and O–H groups in total. The van der Waals surface area contributed by atoms with E-state index in [1.807, 2.05) is 73.1 Å². The van der Waals surface area contributed by atoms with Gasteiger partial charge in [0.15, 0.2) is 6.20 Å². The van der Waals surface area contributed by atoms with E-state index in [0.717, 1.165) is 21.5 Å². The normalized spacial score (nSPS) is 17.1. The number of rotatable bonds is 5. The summed E-state index contributed by atoms with van der Waals surface area (Å²) in [6, 6.07) is 18.5. The third-order valence-electron chi connectivity index (χ3n) is 5.72. The number of ether oxygens (including phenoxy) is 1. The molecule has 1 aliphatic rings. The maximum Gasteiger partial charge on any atom is 0.294 e. The molecule has 1 aliphatic heterocycles. The Balaban J connectivity index is 0.00000306. The second-order valence-electron chi connectivity index (χ2n) is 7.86. The van der Waals surface area contributed by atoms with E-state index in [0.29, 0.717) is 18.0 Å². The third kappa shape index (κ3) is 4.77. The molecule has 8 heteroatoms. The third-order valence-corrected chi connectivity index (χ3v) is 6.57. The van der Waals surface area contributed by atoms with Gasteiger partial charge in [0.1, 0.15) is 5.75 Å². The van der Waals surface area contributed by atoms with Crippen molar-refractivity contribution in [3.63, 3.8) is 0 Å². The van der Waals surface area contributed by atoms with Gasteiger partial charge in [-0.25, -0.2) is 0 Å². The van der Waals surface area contributed by atoms with Crippen molar-refractivity contribution in [3.05, 3.63) is 82.6 Å². The maximum absolute atomic E-state index is 13.8. The number of aryl methyl sites for hydroxylation is 1. The number of nitrogens with one attached hydrogen (secondary N) is 1. The highest BCUT2D eigenvalue weighted by atomic mass is 127. The Kier molecular flexibility index (Phi) is 7.79. The van der Waals surface area contributed by atoms with Crippen molar-refractivity contribution in [1.29, 1.82) is 0 Å². The van der Waals surface area contributed by atoms with Crippen molar-refractivity contribution in [2.45, 2.75) is 32.9 Å². The van der Waals surface area contributed by atoms with Gasteiger partial charge in [-0.2, -0.15) is 4.57 Å². The van der Waals surface area contributed by atoms with Crippen LogP contribution in [0.2, 0.25) is 0 Å². The Morgan fingerprint density at radius 2 is 1.91 bits per heavy atom. The Bertz CT molecular complexity index is 1190. The molecule has 2 amide bonds. The lowest BCUT2D eigenvalue weighted by atomic mass is 9.89. The van der Waals surface area contributed by atoms with Crippen LogP contribution in [0.25, 0.3) is 0 Å². The average molecular weight is 622 g/mol. The number of benzene rings is 2. The Morgan fingerprint density at radius 3 is 2.58 bits per heavy atom. The minimum absolute atomic E-state index is 0. The molecule has 1 unspecified atom stereocenters. The van der Waals surface area contributed by atoms with Gasteiger partial charge in [-0.05, 0) is 62.7 Å². The van der Waals surface area contributed by atoms with E-state index < -0.39 is 5.54 Å². The predicted octanol–water partition coefficient (Wildman–Crippen LogP) is 1.35. The molecule has 0 saturated carbocycles. The summed E-state index contributed by atoms with van der Waals surface area (Å²) in [7, 11) is 0. The van der Waals surface area contributed by atoms with Gasteiger partial charge in [0.2, 0.25) is 17.8 Å². The number of aromatic nitrogens is 1. The van der Waals surface area contributed by atoms with Gasteiger partial charge in [0.25, 0.3) is 11.8 Å². The van der Waals surface area contributed by atoms with Crippen LogP contribution in [0.5, 0.6) is 5.75 Å². The van der Waals surface area contributed by atoms with Gasteiger partial charge in [-0.1, -0.05) is 28.1 Å². The minimum atomic E-state index is -1.26. The Labute approximate surface area is 219 Å². The van der Waals surface area contributed by atoms with Crippen molar-refractivity contribution in [1.82, 2.24) is 0 Å². The van der Waals surface area contributed by atoms with E-state index in [4.69, 9.17) is 4.74 Å². The topological polar surface area (TPSA) is 62.5 Å². The number of carbonyl (C=O) groups is 2. The molecule has 6 nitrogen and oxygen atoms in total. The number of pyridine rings is 1. The summed E-state index contributed by atoms with van der Waals surface area (Å²) in [5, 5.41) is 3.00. The molecule has 0 aliphatic carbocycles. The largest absolute Gasteiger partial charge is 1.00 e. The van der Waals surface area contributed by atoms with E-state index in [1.165, 1.54) is 0 Å². The predicted molar refractivity (Wildman–Crippen MR) is 127 cm³/mol. The molecule has 1 aromatic heterocycles. The lowest BCUT2D eigenvalue weighted by molar-refractivity contribution is -0.697. The van der Waals surface area contributed by atoms with Crippen LogP contribution >= 0.6 is 15.9 Å². The van der Waals surface area contributed by atoms with Crippen LogP contribution in [0.1, 0.15) is 25.1 Å². The first kappa shape index (κ1) is 25.2. The lowest BCUT2D eigenvalue weighted by Gasteiger charge is -2.40. The number of carbonyl (C=O) groups excluding carboxylic acids is 2. The summed E-state index contributed by atoms with van der Waals surface area (Å²) in [6.07, 6.45) is 1.83. The fraction of sp³-hybridized carbons (Fsp3) is 0.240. The zero-order chi connectivity index (χ0) is 22.9. The van der Waals surface area contributed by atoms with E-state index in [9.17, 15) is 9.59 Å². The van der Waals surface area contributed by atoms with E-state index in [1.54, 1.807) is 24.0 Å². The van der Waals surface area contributed by atoms with Crippen LogP contribution < -0.4 is 43.5 Å². The van der Waals surface area contributed by atoms with Crippen LogP contribution in [-0.2, 0) is 21.7 Å². The van der Waals surface area contributed by atoms with Gasteiger partial charge < -0.3 is 34.0 Å². The minimum Gasteiger partial charge on any atom is -1.00 e. The summed E-state index contributed by atoms with van der Waals surface area (Å²) in [6.45, 7) is 6.42. The lowest BCUT2D eigenvalue weighted by Crippen LogP contribution is -3.00. The molecular weight excluding hydrogens is 597 g/mol. The number of hydrogen-bond acceptors (Lipinski definition) is 3. The van der Waals surface area contributed by atoms with Gasteiger partial charge >= 0.3 is 0 Å². The fourth-order valence-electron chi connectivity index (χ4n) is 4.03. The molecule has 0 radical (unpaired) electrons. The Hall–Kier alpha value is -2.46. The van der Waals surface area contributed by atoms with Crippen LogP contribution in [0, 0.1) is 6.92 Å². The summed E-state index contributed by atoms with van der Waals surface area (Å²) in [4.78, 5) is 28.7. The smallest absolute Gasteiger partial charge is 0.294 e. The zero-order valence-electron chi connectivity index (χ0n) is 18.6. The van der Waals surface area contributed by atoms with Gasteiger partial charge in [-0.15, -0.1) is 0 Å². The molecule has 0 spiro atoms. The zero-order valence-corrected chi connectivity index (χ0v) is 22.4. The van der Waals surface area contributed by atoms with Crippen LogP contribution in [-0.4, -0.2) is 18.4 Å². The van der Waals surface area contributed by atoms with Crippen molar-refractivity contribution in [3.8, 4) is 5.75 Å². The molecule has 4 rings (SSSR count). The van der Waals surface area contributed by atoms with Crippen LogP contribution in [0.15, 0.2) is 71.3 Å². The first-order chi connectivity index (χ1) is 15.3. The number of fused-ring (bicyclic) bond motifs is 1. The summed E-state index contributed by atoms with van der Waals surface area (Å²) in [5.74, 6) is 0.275. The molecule has 172 valence electrons. The number of nitrogens with zero attached hydrogens (tertiary/aromatic N) is 2. The van der Waals surface area contributed by atoms with Crippen molar-refractivity contribution in [2.24, 2.45) is 0 Å². The summed E-state index contributed by atoms with van der Waals surface area (Å²) in [5.41, 5.74) is 1.81. The summed E-state index contributed by atoms with van der Waals surface area (Å²) < 4.78 is 8.20. The molecule has 1 atom stereocenters. The first-order valence-electron chi connectivity index (χ1n) is 10.5. The second-order valence-corrected chi connectivity index (χ2v) is 8.71. The van der Waals surface area contributed by atoms with Crippen molar-refractivity contribution < 1.29 is 42.9 Å². The van der Waals surface area contributed by atoms with Crippen molar-refractivity contribution in [2.75, 3.05) is 16.8 Å². The molecule has 3 aromatic rings. The van der Waals surface area contributed by atoms with Gasteiger partial charge in [0.05, 0.1) is 6.61 Å². The molecule has 0 fully saturated rings. The quantitative estimate of drug-likeness (QED) is 0.346. The maximum atomic E-state index is 13.8. The fourth-order valence-corrected chi connectivity index (χ4v) is 4.40. The van der Waals surface area contributed by atoms with Crippen molar-refractivity contribution >= 4 is 39.1 Å². The molecule has 33 heavy (non-hydrogen) atoms. The Morgan fingerprint density at radius 1 is 1.18 bits per heavy atom. The summed E-state index contributed by atoms with van der Waals surface area (Å²) >= 11 is 3.56. The highest BCUT2D eigenvalue weighted by molar-refractivity contribution is 9.10. The number of hydrogen-bond donors (Lipinski definition) is 1. The molecule has 2 heterocycles. The monoisotopic (exact) mass is 621 g/mol. The first-order valence-corrected chi connectivity index (χ1v) is 11.3. The number of anilines is 2. The second kappa shape index (κ2) is 10.2. The van der Waals surface area contributed by atoms with Crippen LogP contribution in [0.3, 0.4) is 0 Å².